The predicted octanol–water partition coefficient (Wildman–Crippen LogP) is 5.54. The molecule has 7 nitrogen and oxygen atoms in total. The van der Waals surface area contributed by atoms with E-state index in [1.54, 1.807) is 26.0 Å². The molecule has 36 heavy (non-hydrogen) atoms. The summed E-state index contributed by atoms with van der Waals surface area (Å²) in [6.45, 7) is 9.31. The van der Waals surface area contributed by atoms with Crippen molar-refractivity contribution in [3.8, 4) is 11.3 Å². The Hall–Kier alpha value is -4.26. The Labute approximate surface area is 210 Å². The van der Waals surface area contributed by atoms with Gasteiger partial charge in [-0.05, 0) is 69.2 Å². The van der Waals surface area contributed by atoms with Gasteiger partial charge in [0.2, 0.25) is 11.8 Å². The van der Waals surface area contributed by atoms with Crippen molar-refractivity contribution in [2.45, 2.75) is 47.1 Å². The van der Waals surface area contributed by atoms with E-state index in [-0.39, 0.29) is 17.5 Å². The minimum absolute atomic E-state index is 0.164. The number of nitrogens with one attached hydrogen (secondary N) is 2. The van der Waals surface area contributed by atoms with Gasteiger partial charge in [0, 0.05) is 17.7 Å². The maximum absolute atomic E-state index is 13.9. The summed E-state index contributed by atoms with van der Waals surface area (Å²) in [5, 5.41) is 5.85. The van der Waals surface area contributed by atoms with E-state index >= 15 is 0 Å². The van der Waals surface area contributed by atoms with Gasteiger partial charge in [-0.3, -0.25) is 19.0 Å². The first kappa shape index (κ1) is 24.9. The van der Waals surface area contributed by atoms with Crippen molar-refractivity contribution in [2.75, 3.05) is 10.6 Å². The Morgan fingerprint density at radius 3 is 2.44 bits per heavy atom. The Balaban J connectivity index is 1.87. The predicted molar refractivity (Wildman–Crippen MR) is 144 cm³/mol. The van der Waals surface area contributed by atoms with Crippen LogP contribution in [0.3, 0.4) is 0 Å². The normalized spacial score (nSPS) is 11.8. The third kappa shape index (κ3) is 4.77. The SMILES string of the molecule is CCC(=O)Nc1ccc(C)cc1-c1nc2ccccc2n(C(C)C(=O)Nc2cccc(C)c2C)c1=O. The van der Waals surface area contributed by atoms with Crippen LogP contribution in [0.5, 0.6) is 0 Å². The summed E-state index contributed by atoms with van der Waals surface area (Å²) in [6.07, 6.45) is 0.304. The highest BCUT2D eigenvalue weighted by molar-refractivity contribution is 5.97. The molecule has 0 radical (unpaired) electrons. The molecule has 0 saturated carbocycles. The molecule has 4 aromatic rings. The summed E-state index contributed by atoms with van der Waals surface area (Å²) in [5.41, 5.74) is 5.59. The maximum Gasteiger partial charge on any atom is 0.278 e. The molecule has 2 N–H and O–H groups in total. The van der Waals surface area contributed by atoms with Crippen molar-refractivity contribution < 1.29 is 9.59 Å². The zero-order chi connectivity index (χ0) is 26.0. The molecule has 1 unspecified atom stereocenters. The van der Waals surface area contributed by atoms with Crippen LogP contribution in [0, 0.1) is 20.8 Å². The molecule has 0 bridgehead atoms. The summed E-state index contributed by atoms with van der Waals surface area (Å²) in [6, 6.07) is 17.6. The number of aryl methyl sites for hydroxylation is 2. The second kappa shape index (κ2) is 10.2. The quantitative estimate of drug-likeness (QED) is 0.378. The number of hydrogen-bond acceptors (Lipinski definition) is 4. The molecule has 0 aliphatic heterocycles. The zero-order valence-electron chi connectivity index (χ0n) is 21.2. The van der Waals surface area contributed by atoms with E-state index in [1.807, 2.05) is 69.3 Å². The van der Waals surface area contributed by atoms with Crippen molar-refractivity contribution in [3.63, 3.8) is 0 Å². The van der Waals surface area contributed by atoms with Crippen molar-refractivity contribution in [3.05, 3.63) is 87.7 Å². The molecule has 0 aliphatic carbocycles. The number of benzene rings is 3. The first-order chi connectivity index (χ1) is 17.2. The minimum Gasteiger partial charge on any atom is -0.325 e. The van der Waals surface area contributed by atoms with Crippen LogP contribution in [0.4, 0.5) is 11.4 Å². The lowest BCUT2D eigenvalue weighted by Crippen LogP contribution is -2.33. The Morgan fingerprint density at radius 1 is 0.944 bits per heavy atom. The van der Waals surface area contributed by atoms with Crippen molar-refractivity contribution in [1.29, 1.82) is 0 Å². The lowest BCUT2D eigenvalue weighted by atomic mass is 10.0. The van der Waals surface area contributed by atoms with E-state index in [4.69, 9.17) is 0 Å². The lowest BCUT2D eigenvalue weighted by Gasteiger charge is -2.20. The number of carbonyl (C=O) groups is 2. The molecule has 4 rings (SSSR count). The van der Waals surface area contributed by atoms with E-state index in [0.717, 1.165) is 16.7 Å². The fourth-order valence-corrected chi connectivity index (χ4v) is 4.16. The van der Waals surface area contributed by atoms with E-state index < -0.39 is 11.6 Å². The van der Waals surface area contributed by atoms with Crippen LogP contribution < -0.4 is 16.2 Å². The van der Waals surface area contributed by atoms with Gasteiger partial charge in [-0.15, -0.1) is 0 Å². The highest BCUT2D eigenvalue weighted by Crippen LogP contribution is 2.28. The van der Waals surface area contributed by atoms with Gasteiger partial charge in [-0.1, -0.05) is 42.8 Å². The van der Waals surface area contributed by atoms with E-state index in [2.05, 4.69) is 15.6 Å². The molecule has 0 spiro atoms. The molecule has 184 valence electrons. The number of carbonyl (C=O) groups excluding carboxylic acids is 2. The number of para-hydroxylation sites is 2. The van der Waals surface area contributed by atoms with Gasteiger partial charge < -0.3 is 10.6 Å². The van der Waals surface area contributed by atoms with Crippen LogP contribution in [0.25, 0.3) is 22.3 Å². The van der Waals surface area contributed by atoms with Crippen LogP contribution in [0.2, 0.25) is 0 Å². The highest BCUT2D eigenvalue weighted by atomic mass is 16.2. The number of aromatic nitrogens is 2. The third-order valence-electron chi connectivity index (χ3n) is 6.45. The molecular weight excluding hydrogens is 452 g/mol. The molecule has 0 saturated heterocycles. The van der Waals surface area contributed by atoms with Crippen LogP contribution in [0.15, 0.2) is 65.5 Å². The van der Waals surface area contributed by atoms with Crippen LogP contribution in [-0.2, 0) is 9.59 Å². The van der Waals surface area contributed by atoms with Gasteiger partial charge in [0.1, 0.15) is 11.7 Å². The number of fused-ring (bicyclic) bond motifs is 1. The first-order valence-corrected chi connectivity index (χ1v) is 12.0. The summed E-state index contributed by atoms with van der Waals surface area (Å²) in [4.78, 5) is 44.2. The van der Waals surface area contributed by atoms with Crippen LogP contribution in [0.1, 0.15) is 43.0 Å². The molecule has 0 fully saturated rings. The summed E-state index contributed by atoms with van der Waals surface area (Å²) in [5.74, 6) is -0.473. The Bertz CT molecular complexity index is 1540. The van der Waals surface area contributed by atoms with E-state index in [9.17, 15) is 14.4 Å². The molecule has 2 amide bonds. The smallest absolute Gasteiger partial charge is 0.278 e. The minimum atomic E-state index is -0.817. The van der Waals surface area contributed by atoms with Gasteiger partial charge in [-0.2, -0.15) is 0 Å². The van der Waals surface area contributed by atoms with Gasteiger partial charge in [0.05, 0.1) is 16.7 Å². The monoisotopic (exact) mass is 482 g/mol. The molecule has 7 heteroatoms. The average molecular weight is 483 g/mol. The van der Waals surface area contributed by atoms with Crippen LogP contribution in [-0.4, -0.2) is 21.4 Å². The fourth-order valence-electron chi connectivity index (χ4n) is 4.16. The third-order valence-corrected chi connectivity index (χ3v) is 6.45. The topological polar surface area (TPSA) is 93.1 Å². The summed E-state index contributed by atoms with van der Waals surface area (Å²) < 4.78 is 1.48. The second-order valence-electron chi connectivity index (χ2n) is 8.99. The van der Waals surface area contributed by atoms with Crippen molar-refractivity contribution in [1.82, 2.24) is 9.55 Å². The largest absolute Gasteiger partial charge is 0.325 e. The number of amides is 2. The maximum atomic E-state index is 13.9. The number of nitrogens with zero attached hydrogens (tertiary/aromatic N) is 2. The van der Waals surface area contributed by atoms with Gasteiger partial charge >= 0.3 is 0 Å². The van der Waals surface area contributed by atoms with Crippen LogP contribution >= 0.6 is 0 Å². The molecular formula is C29H30N4O3. The molecule has 1 heterocycles. The van der Waals surface area contributed by atoms with Gasteiger partial charge in [0.25, 0.3) is 5.56 Å². The average Bonchev–Trinajstić information content (AvgIpc) is 2.87. The highest BCUT2D eigenvalue weighted by Gasteiger charge is 2.24. The fraction of sp³-hybridized carbons (Fsp3) is 0.241. The van der Waals surface area contributed by atoms with Gasteiger partial charge in [-0.25, -0.2) is 4.98 Å². The van der Waals surface area contributed by atoms with Gasteiger partial charge in [0.15, 0.2) is 0 Å². The number of rotatable bonds is 6. The molecule has 0 aliphatic rings. The molecule has 1 aromatic heterocycles. The van der Waals surface area contributed by atoms with E-state index in [0.29, 0.717) is 34.4 Å². The zero-order valence-corrected chi connectivity index (χ0v) is 21.2. The first-order valence-electron chi connectivity index (χ1n) is 12.0. The summed E-state index contributed by atoms with van der Waals surface area (Å²) >= 11 is 0. The Morgan fingerprint density at radius 2 is 1.69 bits per heavy atom. The Kier molecular flexibility index (Phi) is 7.01. The standard InChI is InChI=1S/C29H30N4O3/c1-6-26(34)30-23-15-14-17(2)16-21(23)27-29(36)33(25-13-8-7-11-24(25)31-27)20(5)28(35)32-22-12-9-10-18(3)19(22)4/h7-16,20H,6H2,1-5H3,(H,30,34)(H,32,35). The van der Waals surface area contributed by atoms with Crippen molar-refractivity contribution >= 4 is 34.2 Å². The number of anilines is 2. The second-order valence-corrected chi connectivity index (χ2v) is 8.99. The lowest BCUT2D eigenvalue weighted by molar-refractivity contribution is -0.119. The summed E-state index contributed by atoms with van der Waals surface area (Å²) in [7, 11) is 0. The number of hydrogen-bond donors (Lipinski definition) is 2. The van der Waals surface area contributed by atoms with Crippen molar-refractivity contribution in [2.24, 2.45) is 0 Å². The molecule has 1 atom stereocenters. The van der Waals surface area contributed by atoms with E-state index in [1.165, 1.54) is 4.57 Å². The molecule has 3 aromatic carbocycles.